The van der Waals surface area contributed by atoms with E-state index in [0.717, 1.165) is 6.42 Å². The first-order chi connectivity index (χ1) is 8.65. The molecule has 1 amide bonds. The third kappa shape index (κ3) is 2.46. The van der Waals surface area contributed by atoms with Gasteiger partial charge < -0.3 is 14.4 Å². The molecule has 1 aromatic carbocycles. The lowest BCUT2D eigenvalue weighted by Gasteiger charge is -2.17. The number of amides is 1. The summed E-state index contributed by atoms with van der Waals surface area (Å²) in [6.07, 6.45) is 0.869. The van der Waals surface area contributed by atoms with Crippen LogP contribution < -0.4 is 4.74 Å². The predicted octanol–water partition coefficient (Wildman–Crippen LogP) is 1.70. The van der Waals surface area contributed by atoms with Gasteiger partial charge in [0.15, 0.2) is 0 Å². The Balaban J connectivity index is 2.21. The maximum absolute atomic E-state index is 13.2. The van der Waals surface area contributed by atoms with Gasteiger partial charge in [0.05, 0.1) is 18.8 Å². The molecule has 1 unspecified atom stereocenters. The fourth-order valence-electron chi connectivity index (χ4n) is 2.12. The van der Waals surface area contributed by atoms with E-state index in [1.165, 1.54) is 25.3 Å². The van der Waals surface area contributed by atoms with Crippen LogP contribution >= 0.6 is 0 Å². The van der Waals surface area contributed by atoms with E-state index in [2.05, 4.69) is 0 Å². The van der Waals surface area contributed by atoms with Crippen LogP contribution in [0, 0.1) is 5.82 Å². The lowest BCUT2D eigenvalue weighted by atomic mass is 10.1. The van der Waals surface area contributed by atoms with E-state index in [9.17, 15) is 9.18 Å². The van der Waals surface area contributed by atoms with Crippen LogP contribution in [0.5, 0.6) is 5.75 Å². The Morgan fingerprint density at radius 2 is 2.22 bits per heavy atom. The molecule has 0 aliphatic carbocycles. The van der Waals surface area contributed by atoms with Gasteiger partial charge in [0, 0.05) is 20.2 Å². The van der Waals surface area contributed by atoms with Gasteiger partial charge in [-0.25, -0.2) is 4.39 Å². The Kier molecular flexibility index (Phi) is 3.81. The van der Waals surface area contributed by atoms with Crippen molar-refractivity contribution in [3.05, 3.63) is 29.6 Å². The van der Waals surface area contributed by atoms with Crippen LogP contribution in [0.15, 0.2) is 18.2 Å². The molecule has 4 nitrogen and oxygen atoms in total. The van der Waals surface area contributed by atoms with E-state index < -0.39 is 5.82 Å². The van der Waals surface area contributed by atoms with E-state index in [-0.39, 0.29) is 17.6 Å². The number of carbonyl (C=O) groups is 1. The van der Waals surface area contributed by atoms with Gasteiger partial charge in [0.25, 0.3) is 5.91 Å². The third-order valence-corrected chi connectivity index (χ3v) is 3.16. The Hall–Kier alpha value is -1.62. The summed E-state index contributed by atoms with van der Waals surface area (Å²) < 4.78 is 23.5. The van der Waals surface area contributed by atoms with Gasteiger partial charge in [-0.15, -0.1) is 0 Å². The molecular formula is C13H16FNO3. The number of benzene rings is 1. The second-order valence-electron chi connectivity index (χ2n) is 4.24. The highest BCUT2D eigenvalue weighted by molar-refractivity contribution is 5.97. The quantitative estimate of drug-likeness (QED) is 0.823. The second-order valence-corrected chi connectivity index (χ2v) is 4.24. The van der Waals surface area contributed by atoms with Crippen LogP contribution in [-0.4, -0.2) is 44.2 Å². The number of nitrogens with zero attached hydrogens (tertiary/aromatic N) is 1. The second kappa shape index (κ2) is 5.35. The van der Waals surface area contributed by atoms with Crippen LogP contribution in [0.4, 0.5) is 4.39 Å². The van der Waals surface area contributed by atoms with Gasteiger partial charge in [0.2, 0.25) is 0 Å². The molecule has 1 saturated heterocycles. The molecule has 1 heterocycles. The molecule has 0 bridgehead atoms. The van der Waals surface area contributed by atoms with Crippen molar-refractivity contribution in [1.82, 2.24) is 4.90 Å². The van der Waals surface area contributed by atoms with Gasteiger partial charge in [-0.3, -0.25) is 4.79 Å². The number of hydrogen-bond donors (Lipinski definition) is 0. The zero-order chi connectivity index (χ0) is 13.1. The number of carbonyl (C=O) groups excluding carboxylic acids is 1. The van der Waals surface area contributed by atoms with Crippen LogP contribution in [0.3, 0.4) is 0 Å². The van der Waals surface area contributed by atoms with Crippen LogP contribution in [-0.2, 0) is 4.74 Å². The van der Waals surface area contributed by atoms with Gasteiger partial charge >= 0.3 is 0 Å². The average Bonchev–Trinajstić information content (AvgIpc) is 2.86. The summed E-state index contributed by atoms with van der Waals surface area (Å²) in [6.45, 7) is 1.16. The Morgan fingerprint density at radius 3 is 2.83 bits per heavy atom. The number of ether oxygens (including phenoxy) is 2. The number of hydrogen-bond acceptors (Lipinski definition) is 3. The lowest BCUT2D eigenvalue weighted by Crippen LogP contribution is -2.30. The molecule has 1 atom stereocenters. The molecule has 0 N–H and O–H groups in total. The summed E-state index contributed by atoms with van der Waals surface area (Å²) in [4.78, 5) is 13.9. The van der Waals surface area contributed by atoms with Crippen LogP contribution in [0.1, 0.15) is 16.8 Å². The minimum atomic E-state index is -0.443. The van der Waals surface area contributed by atoms with Gasteiger partial charge in [-0.2, -0.15) is 0 Å². The largest absolute Gasteiger partial charge is 0.496 e. The first-order valence-corrected chi connectivity index (χ1v) is 5.81. The molecule has 5 heteroatoms. The molecule has 0 spiro atoms. The molecular weight excluding hydrogens is 237 g/mol. The standard InChI is InChI=1S/C13H16FNO3/c1-17-10-5-6-15(8-10)13(16)11-7-9(14)3-4-12(11)18-2/h3-4,7,10H,5-6,8H2,1-2H3. The fraction of sp³-hybridized carbons (Fsp3) is 0.462. The van der Waals surface area contributed by atoms with Gasteiger partial charge in [-0.05, 0) is 24.6 Å². The summed E-state index contributed by atoms with van der Waals surface area (Å²) in [5, 5.41) is 0. The molecule has 1 aliphatic rings. The zero-order valence-electron chi connectivity index (χ0n) is 10.5. The van der Waals surface area contributed by atoms with Crippen molar-refractivity contribution in [3.8, 4) is 5.75 Å². The Morgan fingerprint density at radius 1 is 1.44 bits per heavy atom. The summed E-state index contributed by atoms with van der Waals surface area (Å²) in [6, 6.07) is 3.95. The van der Waals surface area contributed by atoms with E-state index >= 15 is 0 Å². The van der Waals surface area contributed by atoms with Gasteiger partial charge in [0.1, 0.15) is 11.6 Å². The minimum Gasteiger partial charge on any atom is -0.496 e. The third-order valence-electron chi connectivity index (χ3n) is 3.16. The predicted molar refractivity (Wildman–Crippen MR) is 64.3 cm³/mol. The van der Waals surface area contributed by atoms with E-state index in [4.69, 9.17) is 9.47 Å². The summed E-state index contributed by atoms with van der Waals surface area (Å²) in [7, 11) is 3.09. The van der Waals surface area contributed by atoms with Crippen molar-refractivity contribution in [1.29, 1.82) is 0 Å². The number of halogens is 1. The van der Waals surface area contributed by atoms with E-state index in [0.29, 0.717) is 18.8 Å². The molecule has 1 fully saturated rings. The maximum Gasteiger partial charge on any atom is 0.257 e. The van der Waals surface area contributed by atoms with Crippen molar-refractivity contribution in [2.45, 2.75) is 12.5 Å². The highest BCUT2D eigenvalue weighted by atomic mass is 19.1. The normalized spacial score (nSPS) is 19.1. The van der Waals surface area contributed by atoms with Crippen molar-refractivity contribution in [2.24, 2.45) is 0 Å². The summed E-state index contributed by atoms with van der Waals surface area (Å²) >= 11 is 0. The number of methoxy groups -OCH3 is 2. The lowest BCUT2D eigenvalue weighted by molar-refractivity contribution is 0.0720. The molecule has 2 rings (SSSR count). The molecule has 0 saturated carbocycles. The Labute approximate surface area is 105 Å². The molecule has 1 aromatic rings. The van der Waals surface area contributed by atoms with Crippen molar-refractivity contribution in [3.63, 3.8) is 0 Å². The summed E-state index contributed by atoms with van der Waals surface area (Å²) in [5.41, 5.74) is 0.259. The molecule has 98 valence electrons. The Bertz CT molecular complexity index is 450. The first kappa shape index (κ1) is 12.8. The molecule has 0 radical (unpaired) electrons. The van der Waals surface area contributed by atoms with Gasteiger partial charge in [-0.1, -0.05) is 0 Å². The highest BCUT2D eigenvalue weighted by Crippen LogP contribution is 2.23. The topological polar surface area (TPSA) is 38.8 Å². The smallest absolute Gasteiger partial charge is 0.257 e. The summed E-state index contributed by atoms with van der Waals surface area (Å²) in [5.74, 6) is -0.269. The van der Waals surface area contributed by atoms with E-state index in [1.807, 2.05) is 0 Å². The minimum absolute atomic E-state index is 0.0634. The monoisotopic (exact) mass is 253 g/mol. The molecule has 18 heavy (non-hydrogen) atoms. The van der Waals surface area contributed by atoms with Crippen LogP contribution in [0.25, 0.3) is 0 Å². The highest BCUT2D eigenvalue weighted by Gasteiger charge is 2.28. The van der Waals surface area contributed by atoms with Crippen molar-refractivity contribution >= 4 is 5.91 Å². The van der Waals surface area contributed by atoms with Crippen molar-refractivity contribution < 1.29 is 18.7 Å². The molecule has 1 aliphatic heterocycles. The maximum atomic E-state index is 13.2. The first-order valence-electron chi connectivity index (χ1n) is 5.81. The van der Waals surface area contributed by atoms with Crippen molar-refractivity contribution in [2.75, 3.05) is 27.3 Å². The van der Waals surface area contributed by atoms with Crippen LogP contribution in [0.2, 0.25) is 0 Å². The average molecular weight is 253 g/mol. The molecule has 0 aromatic heterocycles. The fourth-order valence-corrected chi connectivity index (χ4v) is 2.12. The number of likely N-dealkylation sites (tertiary alicyclic amines) is 1. The number of rotatable bonds is 3. The zero-order valence-corrected chi connectivity index (χ0v) is 10.5. The SMILES string of the molecule is COc1ccc(F)cc1C(=O)N1CCC(OC)C1. The van der Waals surface area contributed by atoms with E-state index in [1.54, 1.807) is 12.0 Å².